The first kappa shape index (κ1) is 25.0. The number of piperidine rings is 1. The molecule has 2 atom stereocenters. The van der Waals surface area contributed by atoms with Gasteiger partial charge in [-0.3, -0.25) is 24.5 Å². The van der Waals surface area contributed by atoms with Crippen LogP contribution in [-0.2, 0) is 11.3 Å². The highest BCUT2D eigenvalue weighted by Gasteiger charge is 2.37. The van der Waals surface area contributed by atoms with E-state index in [1.165, 1.54) is 25.3 Å². The molecule has 1 aromatic carbocycles. The molecule has 5 rings (SSSR count). The molecule has 11 nitrogen and oxygen atoms in total. The quantitative estimate of drug-likeness (QED) is 0.301. The zero-order valence-corrected chi connectivity index (χ0v) is 20.9. The maximum absolute atomic E-state index is 13.8. The zero-order chi connectivity index (χ0) is 27.0. The van der Waals surface area contributed by atoms with Gasteiger partial charge in [0.15, 0.2) is 5.75 Å². The number of fused-ring (bicyclic) bond motifs is 4. The standard InChI is InChI=1S/C27H26N4O7/c1-16-6-8-20(38-16)12-21(28-26(33)18-7-9-24(37-2)23(11-18)31(35)36)27(34)29-13-17-10-19(15-29)22-4-3-5-25(32)30(22)14-17/h3-9,11-12,17,19H,10,13-15H2,1-2H3,(H,28,33)/b21-12+/t17-,19+/m1/s1. The Hall–Kier alpha value is -4.67. The highest BCUT2D eigenvalue weighted by atomic mass is 16.6. The second-order valence-electron chi connectivity index (χ2n) is 9.51. The molecule has 38 heavy (non-hydrogen) atoms. The number of likely N-dealkylation sites (tertiary alicyclic amines) is 1. The molecule has 0 aliphatic carbocycles. The first-order chi connectivity index (χ1) is 18.2. The van der Waals surface area contributed by atoms with Gasteiger partial charge in [-0.25, -0.2) is 0 Å². The van der Waals surface area contributed by atoms with E-state index in [9.17, 15) is 24.5 Å². The molecule has 2 bridgehead atoms. The van der Waals surface area contributed by atoms with Crippen molar-refractivity contribution in [2.45, 2.75) is 25.8 Å². The van der Waals surface area contributed by atoms with Crippen LogP contribution < -0.4 is 15.6 Å². The summed E-state index contributed by atoms with van der Waals surface area (Å²) in [5.74, 6) is 0.0219. The van der Waals surface area contributed by atoms with E-state index in [1.807, 2.05) is 6.07 Å². The first-order valence-electron chi connectivity index (χ1n) is 12.1. The summed E-state index contributed by atoms with van der Waals surface area (Å²) in [5, 5.41) is 14.1. The number of nitrogens with zero attached hydrogens (tertiary/aromatic N) is 3. The zero-order valence-electron chi connectivity index (χ0n) is 20.9. The van der Waals surface area contributed by atoms with Gasteiger partial charge in [0.1, 0.15) is 17.2 Å². The van der Waals surface area contributed by atoms with Crippen LogP contribution in [0, 0.1) is 23.0 Å². The number of nitro groups is 1. The number of carbonyl (C=O) groups excluding carboxylic acids is 2. The third kappa shape index (κ3) is 4.82. The van der Waals surface area contributed by atoms with Crippen LogP contribution in [0.25, 0.3) is 6.08 Å². The number of ether oxygens (including phenoxy) is 1. The van der Waals surface area contributed by atoms with Gasteiger partial charge in [-0.2, -0.15) is 0 Å². The van der Waals surface area contributed by atoms with Crippen molar-refractivity contribution in [2.24, 2.45) is 5.92 Å². The lowest BCUT2D eigenvalue weighted by atomic mass is 9.83. The molecule has 2 aliphatic rings. The minimum atomic E-state index is -0.687. The summed E-state index contributed by atoms with van der Waals surface area (Å²) in [6, 6.07) is 12.4. The number of carbonyl (C=O) groups is 2. The lowest BCUT2D eigenvalue weighted by Gasteiger charge is -2.42. The fourth-order valence-electron chi connectivity index (χ4n) is 5.23. The van der Waals surface area contributed by atoms with Crippen molar-refractivity contribution in [3.63, 3.8) is 0 Å². The van der Waals surface area contributed by atoms with E-state index in [0.717, 1.165) is 18.2 Å². The average Bonchev–Trinajstić information content (AvgIpc) is 3.32. The second kappa shape index (κ2) is 10.0. The SMILES string of the molecule is COc1ccc(C(=O)N/C(=C/c2ccc(C)o2)C(=O)N2C[C@H]3C[C@@H](C2)c2cccc(=O)n2C3)cc1[N+](=O)[O-]. The van der Waals surface area contributed by atoms with Crippen LogP contribution in [0.1, 0.15) is 39.9 Å². The average molecular weight is 519 g/mol. The first-order valence-corrected chi connectivity index (χ1v) is 12.1. The van der Waals surface area contributed by atoms with E-state index in [2.05, 4.69) is 5.32 Å². The number of benzene rings is 1. The molecule has 4 heterocycles. The number of nitro benzene ring substituents is 1. The molecule has 0 spiro atoms. The van der Waals surface area contributed by atoms with E-state index >= 15 is 0 Å². The molecule has 0 radical (unpaired) electrons. The number of amides is 2. The number of pyridine rings is 1. The Labute approximate surface area is 217 Å². The molecular weight excluding hydrogens is 492 g/mol. The molecule has 2 amide bonds. The molecule has 2 aliphatic heterocycles. The van der Waals surface area contributed by atoms with Crippen molar-refractivity contribution in [1.82, 2.24) is 14.8 Å². The van der Waals surface area contributed by atoms with Gasteiger partial charge in [-0.05, 0) is 49.6 Å². The van der Waals surface area contributed by atoms with E-state index < -0.39 is 16.7 Å². The van der Waals surface area contributed by atoms with Crippen LogP contribution in [0.2, 0.25) is 0 Å². The largest absolute Gasteiger partial charge is 0.490 e. The number of nitrogens with one attached hydrogen (secondary N) is 1. The number of furan rings is 1. The van der Waals surface area contributed by atoms with Gasteiger partial charge in [0.05, 0.1) is 12.0 Å². The van der Waals surface area contributed by atoms with Gasteiger partial charge < -0.3 is 23.9 Å². The fraction of sp³-hybridized carbons (Fsp3) is 0.296. The maximum atomic E-state index is 13.8. The summed E-state index contributed by atoms with van der Waals surface area (Å²) in [4.78, 5) is 51.7. The van der Waals surface area contributed by atoms with Crippen LogP contribution >= 0.6 is 0 Å². The Balaban J connectivity index is 1.44. The molecule has 196 valence electrons. The van der Waals surface area contributed by atoms with Gasteiger partial charge in [0.25, 0.3) is 17.4 Å². The van der Waals surface area contributed by atoms with Crippen LogP contribution in [0.15, 0.2) is 63.4 Å². The van der Waals surface area contributed by atoms with Crippen LogP contribution in [0.5, 0.6) is 5.75 Å². The summed E-state index contributed by atoms with van der Waals surface area (Å²) in [6.07, 6.45) is 2.32. The number of aryl methyl sites for hydroxylation is 1. The van der Waals surface area contributed by atoms with Crippen molar-refractivity contribution in [3.8, 4) is 5.75 Å². The van der Waals surface area contributed by atoms with E-state index in [1.54, 1.807) is 40.7 Å². The number of hydrogen-bond donors (Lipinski definition) is 1. The minimum Gasteiger partial charge on any atom is -0.490 e. The van der Waals surface area contributed by atoms with Crippen LogP contribution in [-0.4, -0.2) is 46.4 Å². The Bertz CT molecular complexity index is 1520. The van der Waals surface area contributed by atoms with Crippen molar-refractivity contribution in [1.29, 1.82) is 0 Å². The number of hydrogen-bond acceptors (Lipinski definition) is 7. The molecule has 2 aromatic heterocycles. The van der Waals surface area contributed by atoms with Crippen LogP contribution in [0.3, 0.4) is 0 Å². The Kier molecular flexibility index (Phi) is 6.58. The molecular formula is C27H26N4O7. The molecule has 1 saturated heterocycles. The predicted molar refractivity (Wildman–Crippen MR) is 137 cm³/mol. The summed E-state index contributed by atoms with van der Waals surface area (Å²) in [7, 11) is 1.30. The highest BCUT2D eigenvalue weighted by Crippen LogP contribution is 2.35. The van der Waals surface area contributed by atoms with E-state index in [-0.39, 0.29) is 40.1 Å². The lowest BCUT2D eigenvalue weighted by molar-refractivity contribution is -0.385. The summed E-state index contributed by atoms with van der Waals surface area (Å²) in [5.41, 5.74) is 0.458. The Morgan fingerprint density at radius 3 is 2.68 bits per heavy atom. The van der Waals surface area contributed by atoms with Gasteiger partial charge in [0, 0.05) is 55.0 Å². The number of methoxy groups -OCH3 is 1. The van der Waals surface area contributed by atoms with Gasteiger partial charge >= 0.3 is 5.69 Å². The van der Waals surface area contributed by atoms with Crippen LogP contribution in [0.4, 0.5) is 5.69 Å². The monoisotopic (exact) mass is 518 g/mol. The third-order valence-electron chi connectivity index (χ3n) is 6.93. The van der Waals surface area contributed by atoms with Crippen molar-refractivity contribution in [2.75, 3.05) is 20.2 Å². The predicted octanol–water partition coefficient (Wildman–Crippen LogP) is 3.08. The third-order valence-corrected chi connectivity index (χ3v) is 6.93. The summed E-state index contributed by atoms with van der Waals surface area (Å²) >= 11 is 0. The fourth-order valence-corrected chi connectivity index (χ4v) is 5.23. The number of aromatic nitrogens is 1. The molecule has 1 fully saturated rings. The normalized spacial score (nSPS) is 18.5. The topological polar surface area (TPSA) is 137 Å². The smallest absolute Gasteiger partial charge is 0.311 e. The Morgan fingerprint density at radius 1 is 1.16 bits per heavy atom. The van der Waals surface area contributed by atoms with Crippen molar-refractivity contribution in [3.05, 3.63) is 97.5 Å². The summed E-state index contributed by atoms with van der Waals surface area (Å²) in [6.45, 7) is 3.10. The van der Waals surface area contributed by atoms with Gasteiger partial charge in [0.2, 0.25) is 0 Å². The highest BCUT2D eigenvalue weighted by molar-refractivity contribution is 6.05. The molecule has 0 saturated carbocycles. The molecule has 11 heteroatoms. The summed E-state index contributed by atoms with van der Waals surface area (Å²) < 4.78 is 12.4. The van der Waals surface area contributed by atoms with Crippen molar-refractivity contribution < 1.29 is 23.7 Å². The van der Waals surface area contributed by atoms with E-state index in [0.29, 0.717) is 31.2 Å². The lowest BCUT2D eigenvalue weighted by Crippen LogP contribution is -2.50. The molecule has 1 N–H and O–H groups in total. The molecule has 3 aromatic rings. The van der Waals surface area contributed by atoms with Gasteiger partial charge in [-0.15, -0.1) is 0 Å². The molecule has 0 unspecified atom stereocenters. The minimum absolute atomic E-state index is 0.00404. The maximum Gasteiger partial charge on any atom is 0.311 e. The van der Waals surface area contributed by atoms with Gasteiger partial charge in [-0.1, -0.05) is 6.07 Å². The Morgan fingerprint density at radius 2 is 1.97 bits per heavy atom. The second-order valence-corrected chi connectivity index (χ2v) is 9.51. The number of rotatable bonds is 6. The van der Waals surface area contributed by atoms with E-state index in [4.69, 9.17) is 9.15 Å². The van der Waals surface area contributed by atoms with Crippen molar-refractivity contribution >= 4 is 23.6 Å².